The molecule has 1 saturated heterocycles. The van der Waals surface area contributed by atoms with Gasteiger partial charge in [-0.1, -0.05) is 17.7 Å². The number of piperidine rings is 1. The molecule has 4 heterocycles. The molecule has 0 aromatic carbocycles. The number of nitrogens with zero attached hydrogens (tertiary/aromatic N) is 5. The van der Waals surface area contributed by atoms with Crippen molar-refractivity contribution in [1.82, 2.24) is 19.5 Å². The normalized spacial score (nSPS) is 22.2. The minimum Gasteiger partial charge on any atom is -0.464 e. The third-order valence-electron chi connectivity index (χ3n) is 6.75. The molecule has 170 valence electrons. The maximum Gasteiger partial charge on any atom is 0.323 e. The average Bonchev–Trinajstić information content (AvgIpc) is 2.81. The minimum atomic E-state index is 0.101. The summed E-state index contributed by atoms with van der Waals surface area (Å²) in [5, 5.41) is 3.39. The molecule has 2 atom stereocenters. The lowest BCUT2D eigenvalue weighted by Gasteiger charge is -2.42. The van der Waals surface area contributed by atoms with E-state index in [-0.39, 0.29) is 5.56 Å². The molecule has 0 amide bonds. The molecular weight excluding hydrogens is 404 g/mol. The zero-order chi connectivity index (χ0) is 21.9. The molecule has 0 spiro atoms. The topological polar surface area (TPSA) is 85.2 Å². The molecule has 2 aliphatic heterocycles. The molecule has 32 heavy (non-hydrogen) atoms. The summed E-state index contributed by atoms with van der Waals surface area (Å²) >= 11 is 0. The Labute approximate surface area is 188 Å². The van der Waals surface area contributed by atoms with Crippen LogP contribution in [0.5, 0.6) is 6.01 Å². The van der Waals surface area contributed by atoms with Gasteiger partial charge in [0.25, 0.3) is 5.56 Å². The lowest BCUT2D eigenvalue weighted by Crippen LogP contribution is -2.47. The summed E-state index contributed by atoms with van der Waals surface area (Å²) in [4.78, 5) is 28.4. The molecule has 2 aromatic rings. The van der Waals surface area contributed by atoms with Crippen molar-refractivity contribution in [3.8, 4) is 6.01 Å². The third-order valence-corrected chi connectivity index (χ3v) is 6.75. The highest BCUT2D eigenvalue weighted by atomic mass is 16.5. The fraction of sp³-hybridized carbons (Fsp3) is 0.583. The molecule has 8 nitrogen and oxygen atoms in total. The van der Waals surface area contributed by atoms with E-state index >= 15 is 0 Å². The molecule has 2 bridgehead atoms. The summed E-state index contributed by atoms with van der Waals surface area (Å²) in [7, 11) is 0. The van der Waals surface area contributed by atoms with Gasteiger partial charge in [-0.15, -0.1) is 0 Å². The van der Waals surface area contributed by atoms with Crippen LogP contribution in [0.4, 0.5) is 11.9 Å². The van der Waals surface area contributed by atoms with E-state index in [2.05, 4.69) is 32.3 Å². The quantitative estimate of drug-likeness (QED) is 0.666. The number of anilines is 2. The van der Waals surface area contributed by atoms with Gasteiger partial charge >= 0.3 is 6.01 Å². The van der Waals surface area contributed by atoms with Gasteiger partial charge in [0, 0.05) is 43.9 Å². The molecule has 5 rings (SSSR count). The van der Waals surface area contributed by atoms with E-state index in [0.717, 1.165) is 44.7 Å². The van der Waals surface area contributed by atoms with Crippen LogP contribution in [0.15, 0.2) is 34.6 Å². The van der Waals surface area contributed by atoms with Crippen LogP contribution in [0.2, 0.25) is 0 Å². The summed E-state index contributed by atoms with van der Waals surface area (Å²) in [6, 6.07) is 5.97. The van der Waals surface area contributed by atoms with Crippen LogP contribution >= 0.6 is 0 Å². The molecule has 3 aliphatic rings. The summed E-state index contributed by atoms with van der Waals surface area (Å²) in [5.74, 6) is 1.94. The van der Waals surface area contributed by atoms with E-state index in [1.165, 1.54) is 31.3 Å². The number of ether oxygens (including phenoxy) is 1. The molecule has 1 aliphatic carbocycles. The van der Waals surface area contributed by atoms with Crippen LogP contribution in [0, 0.1) is 5.92 Å². The predicted octanol–water partition coefficient (Wildman–Crippen LogP) is 3.36. The van der Waals surface area contributed by atoms with Gasteiger partial charge < -0.3 is 19.5 Å². The van der Waals surface area contributed by atoms with Gasteiger partial charge in [-0.25, -0.2) is 0 Å². The van der Waals surface area contributed by atoms with Crippen molar-refractivity contribution in [2.75, 3.05) is 36.5 Å². The highest BCUT2D eigenvalue weighted by molar-refractivity contribution is 5.40. The van der Waals surface area contributed by atoms with Crippen molar-refractivity contribution in [1.29, 1.82) is 0 Å². The zero-order valence-corrected chi connectivity index (χ0v) is 18.8. The van der Waals surface area contributed by atoms with Crippen LogP contribution in [0.25, 0.3) is 0 Å². The van der Waals surface area contributed by atoms with Crippen molar-refractivity contribution in [2.45, 2.75) is 57.9 Å². The summed E-state index contributed by atoms with van der Waals surface area (Å²) in [6.07, 6.45) is 9.51. The molecule has 0 unspecified atom stereocenters. The standard InChI is InChI=1S/C24H32N6O2/c1-2-32-24-27-22(25-12-11-17-7-4-3-5-8-17)26-23(28-24)29-14-18-13-19(16-29)20-9-6-10-21(31)30(20)15-18/h6-7,9-10,18-19H,2-5,8,11-16H2,1H3,(H,25,26,27,28)/t18-,19+/m1/s1. The van der Waals surface area contributed by atoms with Gasteiger partial charge in [-0.05, 0) is 57.4 Å². The van der Waals surface area contributed by atoms with Gasteiger partial charge in [0.05, 0.1) is 6.61 Å². The second-order valence-electron chi connectivity index (χ2n) is 9.06. The Balaban J connectivity index is 1.33. The second kappa shape index (κ2) is 9.30. The number of pyridine rings is 1. The molecule has 1 N–H and O–H groups in total. The molecule has 1 fully saturated rings. The van der Waals surface area contributed by atoms with Crippen molar-refractivity contribution in [3.05, 3.63) is 45.9 Å². The molecule has 0 saturated carbocycles. The fourth-order valence-electron chi connectivity index (χ4n) is 5.29. The van der Waals surface area contributed by atoms with E-state index in [4.69, 9.17) is 9.72 Å². The van der Waals surface area contributed by atoms with Gasteiger partial charge in [0.15, 0.2) is 0 Å². The summed E-state index contributed by atoms with van der Waals surface area (Å²) < 4.78 is 7.60. The Morgan fingerprint density at radius 3 is 2.94 bits per heavy atom. The first-order valence-corrected chi connectivity index (χ1v) is 11.9. The predicted molar refractivity (Wildman–Crippen MR) is 124 cm³/mol. The number of hydrogen-bond donors (Lipinski definition) is 1. The number of allylic oxidation sites excluding steroid dienone is 1. The van der Waals surface area contributed by atoms with Gasteiger partial charge in [-0.2, -0.15) is 15.0 Å². The van der Waals surface area contributed by atoms with Crippen molar-refractivity contribution >= 4 is 11.9 Å². The monoisotopic (exact) mass is 436 g/mol. The lowest BCUT2D eigenvalue weighted by atomic mass is 9.83. The van der Waals surface area contributed by atoms with E-state index in [1.54, 1.807) is 6.07 Å². The highest BCUT2D eigenvalue weighted by Gasteiger charge is 2.35. The van der Waals surface area contributed by atoms with Crippen molar-refractivity contribution < 1.29 is 4.74 Å². The third kappa shape index (κ3) is 4.49. The maximum atomic E-state index is 12.3. The number of aromatic nitrogens is 4. The second-order valence-corrected chi connectivity index (χ2v) is 9.06. The van der Waals surface area contributed by atoms with E-state index < -0.39 is 0 Å². The Morgan fingerprint density at radius 2 is 2.09 bits per heavy atom. The molecule has 0 radical (unpaired) electrons. The smallest absolute Gasteiger partial charge is 0.323 e. The van der Waals surface area contributed by atoms with Crippen LogP contribution < -0.4 is 20.5 Å². The summed E-state index contributed by atoms with van der Waals surface area (Å²) in [6.45, 7) is 5.64. The van der Waals surface area contributed by atoms with Crippen LogP contribution in [0.1, 0.15) is 57.1 Å². The van der Waals surface area contributed by atoms with E-state index in [9.17, 15) is 4.79 Å². The Hall–Kier alpha value is -2.90. The minimum absolute atomic E-state index is 0.101. The average molecular weight is 437 g/mol. The van der Waals surface area contributed by atoms with Crippen LogP contribution in [-0.4, -0.2) is 45.8 Å². The highest BCUT2D eigenvalue weighted by Crippen LogP contribution is 2.36. The number of fused-ring (bicyclic) bond motifs is 4. The van der Waals surface area contributed by atoms with Gasteiger partial charge in [-0.3, -0.25) is 4.79 Å². The SMILES string of the molecule is CCOc1nc(NCCC2=CCCCC2)nc(N2C[C@H]3C[C@@H](C2)c2cccc(=O)n2C3)n1. The van der Waals surface area contributed by atoms with Gasteiger partial charge in [0.2, 0.25) is 11.9 Å². The molecular formula is C24H32N6O2. The van der Waals surface area contributed by atoms with Crippen molar-refractivity contribution in [3.63, 3.8) is 0 Å². The van der Waals surface area contributed by atoms with Crippen LogP contribution in [-0.2, 0) is 6.54 Å². The number of nitrogens with one attached hydrogen (secondary N) is 1. The first-order chi connectivity index (χ1) is 15.7. The summed E-state index contributed by atoms with van der Waals surface area (Å²) in [5.41, 5.74) is 2.75. The van der Waals surface area contributed by atoms with Gasteiger partial charge in [0.1, 0.15) is 0 Å². The Morgan fingerprint density at radius 1 is 1.16 bits per heavy atom. The Kier molecular flexibility index (Phi) is 6.10. The largest absolute Gasteiger partial charge is 0.464 e. The van der Waals surface area contributed by atoms with Crippen molar-refractivity contribution in [2.24, 2.45) is 5.92 Å². The number of rotatable bonds is 7. The molecule has 8 heteroatoms. The zero-order valence-electron chi connectivity index (χ0n) is 18.8. The van der Waals surface area contributed by atoms with Crippen LogP contribution in [0.3, 0.4) is 0 Å². The Bertz CT molecular complexity index is 1050. The molecule has 2 aromatic heterocycles. The first-order valence-electron chi connectivity index (χ1n) is 11.9. The first kappa shape index (κ1) is 21.0. The lowest BCUT2D eigenvalue weighted by molar-refractivity contribution is 0.277. The van der Waals surface area contributed by atoms with E-state index in [1.807, 2.05) is 17.6 Å². The maximum absolute atomic E-state index is 12.3. The number of hydrogen-bond acceptors (Lipinski definition) is 7. The fourth-order valence-corrected chi connectivity index (χ4v) is 5.29. The van der Waals surface area contributed by atoms with E-state index in [0.29, 0.717) is 36.3 Å².